The Morgan fingerprint density at radius 1 is 1.41 bits per heavy atom. The second-order valence-electron chi connectivity index (χ2n) is 4.77. The number of hydrogen-bond donors (Lipinski definition) is 2. The maximum Gasteiger partial charge on any atom is 0.251 e. The predicted octanol–water partition coefficient (Wildman–Crippen LogP) is 1.72. The maximum absolute atomic E-state index is 11.8. The minimum absolute atomic E-state index is 0.0734. The first-order valence-electron chi connectivity index (χ1n) is 5.77. The molecule has 0 aromatic heterocycles. The number of hydrogen-bond acceptors (Lipinski definition) is 3. The topological polar surface area (TPSA) is 58.4 Å². The highest BCUT2D eigenvalue weighted by molar-refractivity contribution is 5.96. The lowest BCUT2D eigenvalue weighted by molar-refractivity contribution is 0.0949. The summed E-state index contributed by atoms with van der Waals surface area (Å²) in [6.45, 7) is 4.79. The molecule has 0 aliphatic carbocycles. The van der Waals surface area contributed by atoms with Crippen LogP contribution in [0.25, 0.3) is 0 Å². The summed E-state index contributed by atoms with van der Waals surface area (Å²) in [5.41, 5.74) is 8.04. The normalized spacial score (nSPS) is 10.4. The van der Waals surface area contributed by atoms with Gasteiger partial charge in [0.05, 0.1) is 11.4 Å². The summed E-state index contributed by atoms with van der Waals surface area (Å²) < 4.78 is 0. The number of benzene rings is 1. The molecule has 0 radical (unpaired) electrons. The molecule has 0 atom stereocenters. The van der Waals surface area contributed by atoms with Gasteiger partial charge in [-0.3, -0.25) is 4.79 Å². The fourth-order valence-corrected chi connectivity index (χ4v) is 1.50. The number of carbonyl (C=O) groups excluding carboxylic acids is 1. The molecule has 1 amide bonds. The SMILES string of the molecule is CC(C)CNC(=O)c1ccc(N(C)C)c(N)c1. The van der Waals surface area contributed by atoms with Crippen LogP contribution in [-0.4, -0.2) is 26.5 Å². The van der Waals surface area contributed by atoms with Crippen molar-refractivity contribution in [2.45, 2.75) is 13.8 Å². The zero-order valence-corrected chi connectivity index (χ0v) is 10.9. The second kappa shape index (κ2) is 5.57. The number of nitrogen functional groups attached to an aromatic ring is 1. The minimum atomic E-state index is -0.0734. The lowest BCUT2D eigenvalue weighted by Gasteiger charge is -2.16. The Morgan fingerprint density at radius 2 is 2.06 bits per heavy atom. The molecular formula is C13H21N3O. The fraction of sp³-hybridized carbons (Fsp3) is 0.462. The molecule has 94 valence electrons. The Kier molecular flexibility index (Phi) is 4.37. The van der Waals surface area contributed by atoms with Crippen molar-refractivity contribution in [1.82, 2.24) is 5.32 Å². The molecule has 0 saturated carbocycles. The standard InChI is InChI=1S/C13H21N3O/c1-9(2)8-15-13(17)10-5-6-12(16(3)4)11(14)7-10/h5-7,9H,8,14H2,1-4H3,(H,15,17). The van der Waals surface area contributed by atoms with Crippen LogP contribution in [0.2, 0.25) is 0 Å². The molecule has 1 aromatic rings. The zero-order chi connectivity index (χ0) is 13.0. The van der Waals surface area contributed by atoms with Gasteiger partial charge in [0.25, 0.3) is 5.91 Å². The first-order valence-corrected chi connectivity index (χ1v) is 5.77. The van der Waals surface area contributed by atoms with E-state index in [0.717, 1.165) is 5.69 Å². The third kappa shape index (κ3) is 3.66. The lowest BCUT2D eigenvalue weighted by atomic mass is 10.1. The molecule has 0 aliphatic heterocycles. The molecule has 0 spiro atoms. The van der Waals surface area contributed by atoms with Crippen molar-refractivity contribution in [2.75, 3.05) is 31.3 Å². The highest BCUT2D eigenvalue weighted by Gasteiger charge is 2.09. The molecule has 0 heterocycles. The van der Waals surface area contributed by atoms with Gasteiger partial charge in [0.1, 0.15) is 0 Å². The predicted molar refractivity (Wildman–Crippen MR) is 72.4 cm³/mol. The van der Waals surface area contributed by atoms with E-state index in [0.29, 0.717) is 23.7 Å². The van der Waals surface area contributed by atoms with Gasteiger partial charge in [-0.1, -0.05) is 13.8 Å². The van der Waals surface area contributed by atoms with Crippen molar-refractivity contribution in [3.8, 4) is 0 Å². The van der Waals surface area contributed by atoms with Gasteiger partial charge < -0.3 is 16.0 Å². The smallest absolute Gasteiger partial charge is 0.251 e. The van der Waals surface area contributed by atoms with E-state index in [4.69, 9.17) is 5.73 Å². The third-order valence-electron chi connectivity index (χ3n) is 2.44. The number of amides is 1. The summed E-state index contributed by atoms with van der Waals surface area (Å²) in [4.78, 5) is 13.7. The number of carbonyl (C=O) groups is 1. The highest BCUT2D eigenvalue weighted by Crippen LogP contribution is 2.22. The van der Waals surface area contributed by atoms with E-state index in [1.165, 1.54) is 0 Å². The van der Waals surface area contributed by atoms with Gasteiger partial charge in [-0.25, -0.2) is 0 Å². The van der Waals surface area contributed by atoms with E-state index < -0.39 is 0 Å². The molecule has 0 saturated heterocycles. The van der Waals surface area contributed by atoms with Crippen molar-refractivity contribution in [2.24, 2.45) is 5.92 Å². The third-order valence-corrected chi connectivity index (χ3v) is 2.44. The number of nitrogens with zero attached hydrogens (tertiary/aromatic N) is 1. The monoisotopic (exact) mass is 235 g/mol. The average molecular weight is 235 g/mol. The quantitative estimate of drug-likeness (QED) is 0.781. The molecule has 0 bridgehead atoms. The molecule has 0 unspecified atom stereocenters. The van der Waals surface area contributed by atoms with Gasteiger partial charge in [-0.2, -0.15) is 0 Å². The molecule has 0 fully saturated rings. The van der Waals surface area contributed by atoms with Crippen LogP contribution in [0.1, 0.15) is 24.2 Å². The average Bonchev–Trinajstić information content (AvgIpc) is 2.25. The van der Waals surface area contributed by atoms with Crippen LogP contribution in [0, 0.1) is 5.92 Å². The van der Waals surface area contributed by atoms with Crippen LogP contribution in [0.5, 0.6) is 0 Å². The van der Waals surface area contributed by atoms with Gasteiger partial charge in [0, 0.05) is 26.2 Å². The Bertz CT molecular complexity index is 400. The zero-order valence-electron chi connectivity index (χ0n) is 10.9. The number of nitrogens with one attached hydrogen (secondary N) is 1. The fourth-order valence-electron chi connectivity index (χ4n) is 1.50. The molecule has 0 aliphatic rings. The Morgan fingerprint density at radius 3 is 2.53 bits per heavy atom. The van der Waals surface area contributed by atoms with Crippen molar-refractivity contribution in [3.63, 3.8) is 0 Å². The van der Waals surface area contributed by atoms with Crippen LogP contribution in [-0.2, 0) is 0 Å². The van der Waals surface area contributed by atoms with Crippen LogP contribution >= 0.6 is 0 Å². The van der Waals surface area contributed by atoms with Gasteiger partial charge in [0.2, 0.25) is 0 Å². The maximum atomic E-state index is 11.8. The van der Waals surface area contributed by atoms with Gasteiger partial charge in [-0.15, -0.1) is 0 Å². The van der Waals surface area contributed by atoms with Crippen LogP contribution in [0.4, 0.5) is 11.4 Å². The molecule has 1 aromatic carbocycles. The molecule has 4 heteroatoms. The van der Waals surface area contributed by atoms with Crippen molar-refractivity contribution in [1.29, 1.82) is 0 Å². The molecule has 17 heavy (non-hydrogen) atoms. The van der Waals surface area contributed by atoms with E-state index in [2.05, 4.69) is 19.2 Å². The number of rotatable bonds is 4. The molecular weight excluding hydrogens is 214 g/mol. The van der Waals surface area contributed by atoms with Crippen LogP contribution < -0.4 is 16.0 Å². The van der Waals surface area contributed by atoms with E-state index in [1.807, 2.05) is 25.1 Å². The first-order chi connectivity index (χ1) is 7.91. The minimum Gasteiger partial charge on any atom is -0.397 e. The Labute approximate surface area is 103 Å². The van der Waals surface area contributed by atoms with Gasteiger partial charge in [0.15, 0.2) is 0 Å². The number of nitrogens with two attached hydrogens (primary N) is 1. The highest BCUT2D eigenvalue weighted by atomic mass is 16.1. The van der Waals surface area contributed by atoms with E-state index in [1.54, 1.807) is 12.1 Å². The van der Waals surface area contributed by atoms with E-state index in [9.17, 15) is 4.79 Å². The summed E-state index contributed by atoms with van der Waals surface area (Å²) in [5.74, 6) is 0.369. The van der Waals surface area contributed by atoms with E-state index >= 15 is 0 Å². The van der Waals surface area contributed by atoms with Crippen LogP contribution in [0.3, 0.4) is 0 Å². The molecule has 1 rings (SSSR count). The van der Waals surface area contributed by atoms with Crippen molar-refractivity contribution < 1.29 is 4.79 Å². The summed E-state index contributed by atoms with van der Waals surface area (Å²) in [6, 6.07) is 5.37. The van der Waals surface area contributed by atoms with Gasteiger partial charge >= 0.3 is 0 Å². The van der Waals surface area contributed by atoms with Gasteiger partial charge in [-0.05, 0) is 24.1 Å². The molecule has 4 nitrogen and oxygen atoms in total. The summed E-state index contributed by atoms with van der Waals surface area (Å²) in [7, 11) is 3.84. The Balaban J connectivity index is 2.79. The largest absolute Gasteiger partial charge is 0.397 e. The summed E-state index contributed by atoms with van der Waals surface area (Å²) >= 11 is 0. The van der Waals surface area contributed by atoms with Crippen LogP contribution in [0.15, 0.2) is 18.2 Å². The van der Waals surface area contributed by atoms with E-state index in [-0.39, 0.29) is 5.91 Å². The lowest BCUT2D eigenvalue weighted by Crippen LogP contribution is -2.27. The first kappa shape index (κ1) is 13.4. The Hall–Kier alpha value is -1.71. The number of anilines is 2. The summed E-state index contributed by atoms with van der Waals surface area (Å²) in [6.07, 6.45) is 0. The molecule has 3 N–H and O–H groups in total. The van der Waals surface area contributed by atoms with Crippen molar-refractivity contribution in [3.05, 3.63) is 23.8 Å². The summed E-state index contributed by atoms with van der Waals surface area (Å²) in [5, 5.41) is 2.87. The second-order valence-corrected chi connectivity index (χ2v) is 4.77. The van der Waals surface area contributed by atoms with Crippen molar-refractivity contribution >= 4 is 17.3 Å².